The van der Waals surface area contributed by atoms with Gasteiger partial charge in [-0.15, -0.1) is 0 Å². The lowest BCUT2D eigenvalue weighted by Crippen LogP contribution is -2.52. The van der Waals surface area contributed by atoms with Crippen LogP contribution in [0.25, 0.3) is 0 Å². The average Bonchev–Trinajstić information content (AvgIpc) is 3.54. The third-order valence-corrected chi connectivity index (χ3v) is 9.82. The van der Waals surface area contributed by atoms with Crippen LogP contribution >= 0.6 is 11.6 Å². The van der Waals surface area contributed by atoms with E-state index in [1.165, 1.54) is 10.4 Å². The van der Waals surface area contributed by atoms with E-state index in [0.29, 0.717) is 12.8 Å². The summed E-state index contributed by atoms with van der Waals surface area (Å²) in [5, 5.41) is 14.2. The molecule has 214 valence electrons. The SMILES string of the molecule is CC(C)CN(CC(O)C(Cc1ccccc1)NC(=O)C1CCC2(CCCO2)C1)S(=O)(=O)c1ccc(F)c(Cl)c1. The van der Waals surface area contributed by atoms with Gasteiger partial charge in [0.2, 0.25) is 15.9 Å². The third-order valence-electron chi connectivity index (χ3n) is 7.70. The van der Waals surface area contributed by atoms with Gasteiger partial charge in [0.1, 0.15) is 5.82 Å². The number of aliphatic hydroxyl groups excluding tert-OH is 1. The Balaban J connectivity index is 1.54. The Labute approximate surface area is 235 Å². The number of nitrogens with one attached hydrogen (secondary N) is 1. The van der Waals surface area contributed by atoms with Crippen molar-refractivity contribution in [1.29, 1.82) is 0 Å². The number of nitrogens with zero attached hydrogens (tertiary/aromatic N) is 1. The topological polar surface area (TPSA) is 95.9 Å². The summed E-state index contributed by atoms with van der Waals surface area (Å²) in [5.41, 5.74) is 0.696. The summed E-state index contributed by atoms with van der Waals surface area (Å²) in [6.07, 6.45) is 3.32. The smallest absolute Gasteiger partial charge is 0.243 e. The Hall–Kier alpha value is -2.04. The Morgan fingerprint density at radius 1 is 1.21 bits per heavy atom. The molecule has 4 unspecified atom stereocenters. The second-order valence-electron chi connectivity index (χ2n) is 11.2. The maximum absolute atomic E-state index is 13.7. The number of carbonyl (C=O) groups is 1. The molecule has 4 rings (SSSR count). The standard InChI is InChI=1S/C29H38ClFN2O5S/c1-20(2)18-33(39(36,37)23-9-10-25(31)24(30)16-23)19-27(34)26(15-21-7-4-3-5-8-21)32-28(35)22-11-13-29(17-22)12-6-14-38-29/h3-5,7-10,16,20,22,26-27,34H,6,11-15,17-19H2,1-2H3,(H,32,35). The van der Waals surface area contributed by atoms with Gasteiger partial charge in [-0.1, -0.05) is 55.8 Å². The van der Waals surface area contributed by atoms with Gasteiger partial charge in [-0.3, -0.25) is 4.79 Å². The van der Waals surface area contributed by atoms with E-state index in [-0.39, 0.29) is 46.4 Å². The number of aliphatic hydroxyl groups is 1. The molecule has 2 aromatic rings. The van der Waals surface area contributed by atoms with Crippen molar-refractivity contribution in [2.45, 2.75) is 75.0 Å². The van der Waals surface area contributed by atoms with Crippen molar-refractivity contribution in [3.63, 3.8) is 0 Å². The molecule has 0 aromatic heterocycles. The lowest BCUT2D eigenvalue weighted by molar-refractivity contribution is -0.127. The zero-order valence-electron chi connectivity index (χ0n) is 22.5. The minimum atomic E-state index is -4.10. The highest BCUT2D eigenvalue weighted by Gasteiger charge is 2.45. The highest BCUT2D eigenvalue weighted by Crippen LogP contribution is 2.44. The van der Waals surface area contributed by atoms with E-state index in [1.54, 1.807) is 0 Å². The van der Waals surface area contributed by atoms with Gasteiger partial charge in [0.15, 0.2) is 0 Å². The molecule has 1 aliphatic heterocycles. The minimum absolute atomic E-state index is 0.0499. The Kier molecular flexibility index (Phi) is 9.70. The van der Waals surface area contributed by atoms with Crippen LogP contribution in [-0.4, -0.2) is 61.2 Å². The van der Waals surface area contributed by atoms with Crippen LogP contribution in [0.1, 0.15) is 51.5 Å². The Bertz CT molecular complexity index is 1240. The lowest BCUT2D eigenvalue weighted by Gasteiger charge is -2.31. The molecule has 39 heavy (non-hydrogen) atoms. The van der Waals surface area contributed by atoms with Crippen molar-refractivity contribution in [2.75, 3.05) is 19.7 Å². The maximum Gasteiger partial charge on any atom is 0.243 e. The summed E-state index contributed by atoms with van der Waals surface area (Å²) in [5.74, 6) is -1.13. The summed E-state index contributed by atoms with van der Waals surface area (Å²) in [7, 11) is -4.10. The van der Waals surface area contributed by atoms with E-state index in [9.17, 15) is 22.7 Å². The van der Waals surface area contributed by atoms with E-state index >= 15 is 0 Å². The van der Waals surface area contributed by atoms with Crippen LogP contribution < -0.4 is 5.32 Å². The van der Waals surface area contributed by atoms with Crippen LogP contribution in [0.4, 0.5) is 4.39 Å². The van der Waals surface area contributed by atoms with E-state index in [1.807, 2.05) is 44.2 Å². The van der Waals surface area contributed by atoms with Crippen LogP contribution in [0.3, 0.4) is 0 Å². The molecule has 2 fully saturated rings. The summed E-state index contributed by atoms with van der Waals surface area (Å²) < 4.78 is 48.0. The summed E-state index contributed by atoms with van der Waals surface area (Å²) >= 11 is 5.88. The normalized spacial score (nSPS) is 23.0. The first-order valence-corrected chi connectivity index (χ1v) is 15.4. The Morgan fingerprint density at radius 2 is 1.95 bits per heavy atom. The highest BCUT2D eigenvalue weighted by molar-refractivity contribution is 7.89. The Morgan fingerprint density at radius 3 is 2.59 bits per heavy atom. The monoisotopic (exact) mass is 580 g/mol. The average molecular weight is 581 g/mol. The predicted octanol–water partition coefficient (Wildman–Crippen LogP) is 4.56. The van der Waals surface area contributed by atoms with Gasteiger partial charge < -0.3 is 15.2 Å². The minimum Gasteiger partial charge on any atom is -0.390 e. The molecule has 4 atom stereocenters. The van der Waals surface area contributed by atoms with Crippen LogP contribution in [0.2, 0.25) is 5.02 Å². The molecule has 0 bridgehead atoms. The highest BCUT2D eigenvalue weighted by atomic mass is 35.5. The van der Waals surface area contributed by atoms with E-state index in [2.05, 4.69) is 5.32 Å². The number of halogens is 2. The van der Waals surface area contributed by atoms with Gasteiger partial charge in [0.05, 0.1) is 27.7 Å². The largest absolute Gasteiger partial charge is 0.390 e. The molecule has 0 radical (unpaired) electrons. The van der Waals surface area contributed by atoms with Gasteiger partial charge in [-0.25, -0.2) is 12.8 Å². The first kappa shape index (κ1) is 29.9. The molecule has 1 saturated carbocycles. The molecule has 1 spiro atoms. The predicted molar refractivity (Wildman–Crippen MR) is 148 cm³/mol. The van der Waals surface area contributed by atoms with Crippen molar-refractivity contribution in [3.05, 3.63) is 64.9 Å². The number of rotatable bonds is 11. The van der Waals surface area contributed by atoms with Crippen molar-refractivity contribution in [1.82, 2.24) is 9.62 Å². The lowest BCUT2D eigenvalue weighted by atomic mass is 9.95. The molecular weight excluding hydrogens is 543 g/mol. The molecule has 1 heterocycles. The van der Waals surface area contributed by atoms with Gasteiger partial charge in [-0.05, 0) is 68.2 Å². The van der Waals surface area contributed by atoms with Gasteiger partial charge in [0.25, 0.3) is 0 Å². The summed E-state index contributed by atoms with van der Waals surface area (Å²) in [6, 6.07) is 12.0. The maximum atomic E-state index is 13.7. The molecule has 1 aliphatic carbocycles. The number of carbonyl (C=O) groups excluding carboxylic acids is 1. The van der Waals surface area contributed by atoms with Crippen molar-refractivity contribution < 1.29 is 27.4 Å². The third kappa shape index (κ3) is 7.38. The van der Waals surface area contributed by atoms with Crippen molar-refractivity contribution in [2.24, 2.45) is 11.8 Å². The zero-order valence-corrected chi connectivity index (χ0v) is 24.1. The fraction of sp³-hybridized carbons (Fsp3) is 0.552. The second kappa shape index (κ2) is 12.6. The number of amides is 1. The number of ether oxygens (including phenoxy) is 1. The van der Waals surface area contributed by atoms with Crippen LogP contribution in [-0.2, 0) is 26.0 Å². The van der Waals surface area contributed by atoms with E-state index < -0.39 is 28.0 Å². The molecule has 2 aliphatic rings. The van der Waals surface area contributed by atoms with Crippen LogP contribution in [0, 0.1) is 17.7 Å². The zero-order chi connectivity index (χ0) is 28.2. The molecular formula is C29H38ClFN2O5S. The quantitative estimate of drug-likeness (QED) is 0.406. The fourth-order valence-corrected chi connectivity index (χ4v) is 7.57. The summed E-state index contributed by atoms with van der Waals surface area (Å²) in [6.45, 7) is 4.35. The van der Waals surface area contributed by atoms with E-state index in [0.717, 1.165) is 50.0 Å². The van der Waals surface area contributed by atoms with Gasteiger partial charge in [0, 0.05) is 25.6 Å². The molecule has 1 saturated heterocycles. The molecule has 1 amide bonds. The van der Waals surface area contributed by atoms with Crippen LogP contribution in [0.5, 0.6) is 0 Å². The van der Waals surface area contributed by atoms with Gasteiger partial charge in [-0.2, -0.15) is 4.31 Å². The first-order chi connectivity index (χ1) is 18.5. The van der Waals surface area contributed by atoms with Crippen molar-refractivity contribution >= 4 is 27.5 Å². The first-order valence-electron chi connectivity index (χ1n) is 13.6. The molecule has 2 aromatic carbocycles. The van der Waals surface area contributed by atoms with E-state index in [4.69, 9.17) is 16.3 Å². The van der Waals surface area contributed by atoms with Gasteiger partial charge >= 0.3 is 0 Å². The molecule has 2 N–H and O–H groups in total. The molecule has 10 heteroatoms. The number of hydrogen-bond acceptors (Lipinski definition) is 5. The summed E-state index contributed by atoms with van der Waals surface area (Å²) in [4.78, 5) is 13.2. The number of sulfonamides is 1. The number of benzene rings is 2. The fourth-order valence-electron chi connectivity index (χ4n) is 5.68. The second-order valence-corrected chi connectivity index (χ2v) is 13.6. The number of hydrogen-bond donors (Lipinski definition) is 2. The van der Waals surface area contributed by atoms with Crippen molar-refractivity contribution in [3.8, 4) is 0 Å². The van der Waals surface area contributed by atoms with Crippen LogP contribution in [0.15, 0.2) is 53.4 Å². The molecule has 7 nitrogen and oxygen atoms in total.